The van der Waals surface area contributed by atoms with Crippen LogP contribution in [0, 0.1) is 0 Å². The second-order valence-corrected chi connectivity index (χ2v) is 10.5. The van der Waals surface area contributed by atoms with Crippen molar-refractivity contribution in [2.75, 3.05) is 26.2 Å². The predicted molar refractivity (Wildman–Crippen MR) is 153 cm³/mol. The standard InChI is InChI=1S/C30H41ClN4O2/c1-4-24(25-8-6-5-7-9-25)21-35-19-17-27(34-28(30(35)37)16-18-32-22(2)3)20-33-29(36)15-12-23-10-13-26(31)14-11-23/h5-15,22,24,27-28,32,34H,4,16-21H2,1-3H3,(H,33,36)/t24?,27-,28-/m0/s1. The van der Waals surface area contributed by atoms with Gasteiger partial charge in [0.05, 0.1) is 6.04 Å². The number of hydrogen-bond acceptors (Lipinski definition) is 4. The number of halogens is 1. The molecule has 3 N–H and O–H groups in total. The number of amides is 2. The number of benzene rings is 2. The highest BCUT2D eigenvalue weighted by atomic mass is 35.5. The molecule has 0 spiro atoms. The summed E-state index contributed by atoms with van der Waals surface area (Å²) in [6.45, 7) is 9.00. The van der Waals surface area contributed by atoms with E-state index in [0.717, 1.165) is 24.9 Å². The van der Waals surface area contributed by atoms with Crippen molar-refractivity contribution in [1.82, 2.24) is 20.9 Å². The molecule has 0 radical (unpaired) electrons. The van der Waals surface area contributed by atoms with Gasteiger partial charge in [-0.3, -0.25) is 9.59 Å². The lowest BCUT2D eigenvalue weighted by Gasteiger charge is -2.28. The van der Waals surface area contributed by atoms with Gasteiger partial charge in [0.1, 0.15) is 0 Å². The molecule has 2 amide bonds. The average Bonchev–Trinajstić information content (AvgIpc) is 3.04. The van der Waals surface area contributed by atoms with Crippen LogP contribution in [-0.4, -0.2) is 61.0 Å². The van der Waals surface area contributed by atoms with Crippen LogP contribution in [-0.2, 0) is 9.59 Å². The van der Waals surface area contributed by atoms with E-state index in [-0.39, 0.29) is 23.9 Å². The van der Waals surface area contributed by atoms with Crippen molar-refractivity contribution in [3.8, 4) is 0 Å². The van der Waals surface area contributed by atoms with Crippen LogP contribution in [0.2, 0.25) is 5.02 Å². The number of hydrogen-bond donors (Lipinski definition) is 3. The summed E-state index contributed by atoms with van der Waals surface area (Å²) < 4.78 is 0. The molecule has 1 fully saturated rings. The third-order valence-corrected chi connectivity index (χ3v) is 7.06. The summed E-state index contributed by atoms with van der Waals surface area (Å²) in [6, 6.07) is 17.9. The van der Waals surface area contributed by atoms with Crippen LogP contribution < -0.4 is 16.0 Å². The summed E-state index contributed by atoms with van der Waals surface area (Å²) in [5.41, 5.74) is 2.18. The Bertz CT molecular complexity index is 1010. The van der Waals surface area contributed by atoms with Crippen molar-refractivity contribution < 1.29 is 9.59 Å². The predicted octanol–water partition coefficient (Wildman–Crippen LogP) is 4.61. The van der Waals surface area contributed by atoms with Gasteiger partial charge in [-0.1, -0.05) is 74.8 Å². The smallest absolute Gasteiger partial charge is 0.244 e. The number of nitrogens with zero attached hydrogens (tertiary/aromatic N) is 1. The molecule has 0 aromatic heterocycles. The van der Waals surface area contributed by atoms with E-state index in [0.29, 0.717) is 43.0 Å². The zero-order valence-corrected chi connectivity index (χ0v) is 23.0. The van der Waals surface area contributed by atoms with Gasteiger partial charge in [-0.05, 0) is 55.1 Å². The molecule has 0 saturated carbocycles. The Morgan fingerprint density at radius 3 is 2.57 bits per heavy atom. The van der Waals surface area contributed by atoms with Crippen LogP contribution in [0.4, 0.5) is 0 Å². The zero-order valence-electron chi connectivity index (χ0n) is 22.3. The van der Waals surface area contributed by atoms with Crippen LogP contribution in [0.15, 0.2) is 60.7 Å². The summed E-state index contributed by atoms with van der Waals surface area (Å²) >= 11 is 5.93. The first kappa shape index (κ1) is 28.9. The van der Waals surface area contributed by atoms with Crippen LogP contribution in [0.3, 0.4) is 0 Å². The molecule has 7 heteroatoms. The second-order valence-electron chi connectivity index (χ2n) is 10.0. The van der Waals surface area contributed by atoms with Gasteiger partial charge in [-0.25, -0.2) is 0 Å². The minimum atomic E-state index is -0.284. The molecule has 2 aromatic rings. The Labute approximate surface area is 226 Å². The first-order valence-electron chi connectivity index (χ1n) is 13.4. The molecule has 1 saturated heterocycles. The lowest BCUT2D eigenvalue weighted by Crippen LogP contribution is -2.50. The number of nitrogens with one attached hydrogen (secondary N) is 3. The number of carbonyl (C=O) groups excluding carboxylic acids is 2. The topological polar surface area (TPSA) is 73.5 Å². The zero-order chi connectivity index (χ0) is 26.6. The quantitative estimate of drug-likeness (QED) is 0.354. The van der Waals surface area contributed by atoms with E-state index >= 15 is 0 Å². The molecular formula is C30H41ClN4O2. The van der Waals surface area contributed by atoms with Crippen LogP contribution in [0.5, 0.6) is 0 Å². The Hall–Kier alpha value is -2.67. The third-order valence-electron chi connectivity index (χ3n) is 6.80. The molecule has 1 heterocycles. The summed E-state index contributed by atoms with van der Waals surface area (Å²) in [5.74, 6) is 0.294. The molecular weight excluding hydrogens is 484 g/mol. The first-order chi connectivity index (χ1) is 17.9. The van der Waals surface area contributed by atoms with Gasteiger partial charge in [-0.2, -0.15) is 0 Å². The first-order valence-corrected chi connectivity index (χ1v) is 13.8. The molecule has 3 rings (SSSR count). The van der Waals surface area contributed by atoms with Gasteiger partial charge in [0.25, 0.3) is 0 Å². The maximum absolute atomic E-state index is 13.6. The van der Waals surface area contributed by atoms with Crippen LogP contribution >= 0.6 is 11.6 Å². The van der Waals surface area contributed by atoms with E-state index in [4.69, 9.17) is 11.6 Å². The van der Waals surface area contributed by atoms with E-state index in [9.17, 15) is 9.59 Å². The monoisotopic (exact) mass is 524 g/mol. The van der Waals surface area contributed by atoms with E-state index in [1.165, 1.54) is 11.6 Å². The summed E-state index contributed by atoms with van der Waals surface area (Å²) in [5, 5.41) is 10.6. The summed E-state index contributed by atoms with van der Waals surface area (Å²) in [7, 11) is 0. The molecule has 2 aromatic carbocycles. The largest absolute Gasteiger partial charge is 0.351 e. The molecule has 0 aliphatic carbocycles. The molecule has 1 unspecified atom stereocenters. The van der Waals surface area contributed by atoms with Crippen molar-refractivity contribution in [3.05, 3.63) is 76.8 Å². The molecule has 200 valence electrons. The van der Waals surface area contributed by atoms with Crippen molar-refractivity contribution >= 4 is 29.5 Å². The van der Waals surface area contributed by atoms with Gasteiger partial charge in [-0.15, -0.1) is 0 Å². The Morgan fingerprint density at radius 1 is 1.16 bits per heavy atom. The highest BCUT2D eigenvalue weighted by Gasteiger charge is 2.31. The van der Waals surface area contributed by atoms with Gasteiger partial charge < -0.3 is 20.9 Å². The van der Waals surface area contributed by atoms with Crippen molar-refractivity contribution in [2.45, 2.75) is 64.1 Å². The molecule has 3 atom stereocenters. The van der Waals surface area contributed by atoms with Gasteiger partial charge in [0, 0.05) is 48.7 Å². The fourth-order valence-electron chi connectivity index (χ4n) is 4.64. The Balaban J connectivity index is 1.63. The maximum Gasteiger partial charge on any atom is 0.244 e. The van der Waals surface area contributed by atoms with Gasteiger partial charge in [0.15, 0.2) is 0 Å². The maximum atomic E-state index is 13.6. The Morgan fingerprint density at radius 2 is 1.89 bits per heavy atom. The SMILES string of the molecule is CCC(CN1CC[C@@H](CNC(=O)C=Cc2ccc(Cl)cc2)N[C@@H](CCNC(C)C)C1=O)c1ccccc1. The van der Waals surface area contributed by atoms with E-state index in [1.807, 2.05) is 23.1 Å². The fraction of sp³-hybridized carbons (Fsp3) is 0.467. The van der Waals surface area contributed by atoms with Crippen molar-refractivity contribution in [3.63, 3.8) is 0 Å². The fourth-order valence-corrected chi connectivity index (χ4v) is 4.76. The van der Waals surface area contributed by atoms with Gasteiger partial charge >= 0.3 is 0 Å². The van der Waals surface area contributed by atoms with Gasteiger partial charge in [0.2, 0.25) is 11.8 Å². The summed E-state index contributed by atoms with van der Waals surface area (Å²) in [6.07, 6.45) is 5.77. The van der Waals surface area contributed by atoms with E-state index in [1.54, 1.807) is 18.2 Å². The van der Waals surface area contributed by atoms with Crippen LogP contribution in [0.25, 0.3) is 6.08 Å². The normalized spacial score (nSPS) is 19.3. The van der Waals surface area contributed by atoms with Crippen molar-refractivity contribution in [2.24, 2.45) is 0 Å². The number of carbonyl (C=O) groups is 2. The average molecular weight is 525 g/mol. The van der Waals surface area contributed by atoms with E-state index < -0.39 is 0 Å². The molecule has 6 nitrogen and oxygen atoms in total. The Kier molecular flexibility index (Phi) is 11.6. The highest BCUT2D eigenvalue weighted by molar-refractivity contribution is 6.30. The molecule has 37 heavy (non-hydrogen) atoms. The minimum absolute atomic E-state index is 0.0164. The second kappa shape index (κ2) is 14.9. The lowest BCUT2D eigenvalue weighted by molar-refractivity contribution is -0.133. The van der Waals surface area contributed by atoms with Crippen LogP contribution in [0.1, 0.15) is 57.1 Å². The van der Waals surface area contributed by atoms with Crippen molar-refractivity contribution in [1.29, 1.82) is 0 Å². The molecule has 0 bridgehead atoms. The lowest BCUT2D eigenvalue weighted by atomic mass is 9.95. The van der Waals surface area contributed by atoms with E-state index in [2.05, 4.69) is 61.0 Å². The third kappa shape index (κ3) is 9.62. The summed E-state index contributed by atoms with van der Waals surface area (Å²) in [4.78, 5) is 28.1. The minimum Gasteiger partial charge on any atom is -0.351 e. The number of rotatable bonds is 12. The molecule has 1 aliphatic rings. The highest BCUT2D eigenvalue weighted by Crippen LogP contribution is 2.22. The molecule has 1 aliphatic heterocycles.